The van der Waals surface area contributed by atoms with Gasteiger partial charge < -0.3 is 20.4 Å². The Morgan fingerprint density at radius 2 is 1.80 bits per heavy atom. The highest BCUT2D eigenvalue weighted by Gasteiger charge is 2.39. The minimum Gasteiger partial charge on any atom is -0.480 e. The number of alkyl halides is 3. The number of imidazole rings is 1. The number of primary amides is 1. The van der Waals surface area contributed by atoms with Crippen LogP contribution in [0, 0.1) is 0 Å². The molecule has 2 amide bonds. The highest BCUT2D eigenvalue weighted by Crippen LogP contribution is 2.40. The van der Waals surface area contributed by atoms with E-state index in [1.807, 2.05) is 6.92 Å². The summed E-state index contributed by atoms with van der Waals surface area (Å²) in [4.78, 5) is 41.1. The molecule has 3 N–H and O–H groups in total. The van der Waals surface area contributed by atoms with Gasteiger partial charge in [-0.25, -0.2) is 4.98 Å². The smallest absolute Gasteiger partial charge is 0.425 e. The van der Waals surface area contributed by atoms with Gasteiger partial charge in [0.05, 0.1) is 10.7 Å². The number of ether oxygens (including phenoxy) is 1. The molecule has 40 heavy (non-hydrogen) atoms. The number of hydrogen-bond acceptors (Lipinski definition) is 5. The van der Waals surface area contributed by atoms with Crippen LogP contribution in [0.4, 0.5) is 13.2 Å². The Bertz CT molecular complexity index is 1400. The van der Waals surface area contributed by atoms with Gasteiger partial charge >= 0.3 is 6.18 Å². The number of carbonyl (C=O) groups is 3. The number of benzene rings is 2. The number of rotatable bonds is 11. The van der Waals surface area contributed by atoms with Crippen molar-refractivity contribution >= 4 is 29.2 Å². The molecule has 0 bridgehead atoms. The van der Waals surface area contributed by atoms with Crippen molar-refractivity contribution < 1.29 is 32.3 Å². The zero-order valence-electron chi connectivity index (χ0n) is 22.4. The minimum atomic E-state index is -4.65. The van der Waals surface area contributed by atoms with Gasteiger partial charge in [-0.1, -0.05) is 35.9 Å². The summed E-state index contributed by atoms with van der Waals surface area (Å²) in [5, 5.41) is 2.30. The number of amides is 2. The van der Waals surface area contributed by atoms with E-state index in [1.165, 1.54) is 20.0 Å². The summed E-state index contributed by atoms with van der Waals surface area (Å²) in [5.74, 6) is -2.03. The van der Waals surface area contributed by atoms with Crippen molar-refractivity contribution in [2.75, 3.05) is 7.05 Å². The lowest BCUT2D eigenvalue weighted by Gasteiger charge is -2.24. The third-order valence-electron chi connectivity index (χ3n) is 6.46. The Morgan fingerprint density at radius 3 is 2.30 bits per heavy atom. The molecule has 214 valence electrons. The fraction of sp³-hybridized carbons (Fsp3) is 0.357. The molecule has 8 nitrogen and oxygen atoms in total. The van der Waals surface area contributed by atoms with Gasteiger partial charge in [-0.15, -0.1) is 0 Å². The van der Waals surface area contributed by atoms with Crippen molar-refractivity contribution in [3.8, 4) is 17.0 Å². The normalized spacial score (nSPS) is 13.0. The van der Waals surface area contributed by atoms with E-state index in [2.05, 4.69) is 10.3 Å². The molecule has 2 aromatic carbocycles. The van der Waals surface area contributed by atoms with Crippen LogP contribution in [0.25, 0.3) is 11.3 Å². The van der Waals surface area contributed by atoms with Crippen LogP contribution in [0.5, 0.6) is 5.75 Å². The first-order valence-corrected chi connectivity index (χ1v) is 12.9. The molecule has 2 unspecified atom stereocenters. The number of halogens is 4. The highest BCUT2D eigenvalue weighted by molar-refractivity contribution is 6.33. The predicted molar refractivity (Wildman–Crippen MR) is 145 cm³/mol. The third kappa shape index (κ3) is 7.01. The fourth-order valence-corrected chi connectivity index (χ4v) is 4.67. The summed E-state index contributed by atoms with van der Waals surface area (Å²) >= 11 is 6.53. The van der Waals surface area contributed by atoms with Gasteiger partial charge in [0, 0.05) is 44.3 Å². The molecule has 1 heterocycles. The lowest BCUT2D eigenvalue weighted by atomic mass is 9.85. The number of aromatic nitrogens is 2. The van der Waals surface area contributed by atoms with Crippen LogP contribution >= 0.6 is 11.6 Å². The maximum Gasteiger partial charge on any atom is 0.425 e. The first-order valence-electron chi connectivity index (χ1n) is 12.5. The van der Waals surface area contributed by atoms with E-state index in [4.69, 9.17) is 22.1 Å². The summed E-state index contributed by atoms with van der Waals surface area (Å²) in [7, 11) is 1.44. The Hall–Kier alpha value is -3.86. The van der Waals surface area contributed by atoms with E-state index in [9.17, 15) is 27.6 Å². The van der Waals surface area contributed by atoms with Crippen LogP contribution in [0.2, 0.25) is 5.02 Å². The van der Waals surface area contributed by atoms with Gasteiger partial charge in [0.25, 0.3) is 0 Å². The second-order valence-corrected chi connectivity index (χ2v) is 9.65. The molecule has 2 atom stereocenters. The summed E-state index contributed by atoms with van der Waals surface area (Å²) in [6.07, 6.45) is -4.95. The number of nitrogens with two attached hydrogens (primary N) is 1. The molecule has 3 aromatic rings. The number of ketones is 1. The molecule has 12 heteroatoms. The minimum absolute atomic E-state index is 0.0237. The molecular formula is C28H30ClF3N4O4. The largest absolute Gasteiger partial charge is 0.480 e. The molecule has 0 spiro atoms. The van der Waals surface area contributed by atoms with Crippen LogP contribution in [0.15, 0.2) is 42.6 Å². The predicted octanol–water partition coefficient (Wildman–Crippen LogP) is 5.32. The first kappa shape index (κ1) is 30.7. The van der Waals surface area contributed by atoms with E-state index in [0.717, 1.165) is 24.1 Å². The number of aryl methyl sites for hydroxylation is 1. The summed E-state index contributed by atoms with van der Waals surface area (Å²) in [6.45, 7) is 4.77. The molecule has 0 aliphatic heterocycles. The molecule has 0 saturated carbocycles. The van der Waals surface area contributed by atoms with E-state index in [-0.39, 0.29) is 46.4 Å². The first-order chi connectivity index (χ1) is 18.8. The number of nitrogens with one attached hydrogen (secondary N) is 1. The van der Waals surface area contributed by atoms with Crippen molar-refractivity contribution in [3.05, 3.63) is 70.1 Å². The average Bonchev–Trinajstić information content (AvgIpc) is 3.34. The zero-order valence-corrected chi connectivity index (χ0v) is 23.2. The fourth-order valence-electron chi connectivity index (χ4n) is 4.31. The summed E-state index contributed by atoms with van der Waals surface area (Å²) < 4.78 is 46.3. The van der Waals surface area contributed by atoms with E-state index < -0.39 is 24.1 Å². The van der Waals surface area contributed by atoms with Crippen LogP contribution < -0.4 is 15.8 Å². The zero-order chi connectivity index (χ0) is 29.8. The van der Waals surface area contributed by atoms with Crippen molar-refractivity contribution in [2.24, 2.45) is 5.73 Å². The van der Waals surface area contributed by atoms with Crippen LogP contribution in [-0.2, 0) is 17.8 Å². The van der Waals surface area contributed by atoms with Gasteiger partial charge in [0.1, 0.15) is 5.75 Å². The molecule has 0 fully saturated rings. The summed E-state index contributed by atoms with van der Waals surface area (Å²) in [5.41, 5.74) is 7.80. The van der Waals surface area contributed by atoms with Crippen LogP contribution in [0.1, 0.15) is 65.2 Å². The molecule has 0 aliphatic rings. The van der Waals surface area contributed by atoms with Crippen molar-refractivity contribution in [1.82, 2.24) is 14.9 Å². The van der Waals surface area contributed by atoms with Gasteiger partial charge in [0.2, 0.25) is 11.8 Å². The second-order valence-electron chi connectivity index (χ2n) is 9.27. The average molecular weight is 579 g/mol. The Morgan fingerprint density at radius 1 is 1.15 bits per heavy atom. The van der Waals surface area contributed by atoms with Crippen molar-refractivity contribution in [1.29, 1.82) is 0 Å². The van der Waals surface area contributed by atoms with Crippen LogP contribution in [0.3, 0.4) is 0 Å². The van der Waals surface area contributed by atoms with Crippen molar-refractivity contribution in [3.63, 3.8) is 0 Å². The Kier molecular flexibility index (Phi) is 9.62. The molecule has 0 saturated heterocycles. The quantitative estimate of drug-likeness (QED) is 0.299. The Labute approximate surface area is 234 Å². The third-order valence-corrected chi connectivity index (χ3v) is 6.85. The molecule has 3 rings (SSSR count). The number of nitrogens with zero attached hydrogens (tertiary/aromatic N) is 2. The van der Waals surface area contributed by atoms with E-state index in [0.29, 0.717) is 18.1 Å². The Balaban J connectivity index is 2.02. The maximum absolute atomic E-state index is 13.2. The second kappa shape index (κ2) is 12.5. The van der Waals surface area contributed by atoms with Gasteiger partial charge in [-0.05, 0) is 49.4 Å². The topological polar surface area (TPSA) is 116 Å². The molecule has 0 radical (unpaired) electrons. The number of hydrogen-bond donors (Lipinski definition) is 2. The lowest BCUT2D eigenvalue weighted by molar-refractivity contribution is -0.189. The standard InChI is InChI=1S/C28H30ClF3N4O4/c1-5-36-14-21(35-27(36)15(2)37)18-8-6-17(7-9-18)12-19(13-23(38)34-4)24-20(26(33)39)10-11-22(25(24)29)40-16(3)28(30,31)32/h6-11,14,16,19H,5,12-13H2,1-4H3,(H2,33,39)(H,34,38). The van der Waals surface area contributed by atoms with Crippen LogP contribution in [-0.4, -0.2) is 46.5 Å². The van der Waals surface area contributed by atoms with E-state index in [1.54, 1.807) is 35.0 Å². The summed E-state index contributed by atoms with van der Waals surface area (Å²) in [6, 6.07) is 9.62. The lowest BCUT2D eigenvalue weighted by Crippen LogP contribution is -2.31. The highest BCUT2D eigenvalue weighted by atomic mass is 35.5. The number of Topliss-reactive ketones (excluding diaryl/α,β-unsaturated/α-hetero) is 1. The molecule has 0 aliphatic carbocycles. The van der Waals surface area contributed by atoms with E-state index >= 15 is 0 Å². The molecular weight excluding hydrogens is 549 g/mol. The maximum atomic E-state index is 13.2. The van der Waals surface area contributed by atoms with Crippen molar-refractivity contribution in [2.45, 2.75) is 58.4 Å². The SMILES string of the molecule is CCn1cc(-c2ccc(CC(CC(=O)NC)c3c(C(N)=O)ccc(OC(C)C(F)(F)F)c3Cl)cc2)nc1C(C)=O. The van der Waals surface area contributed by atoms with Gasteiger partial charge in [0.15, 0.2) is 17.7 Å². The number of carbonyl (C=O) groups excluding carboxylic acids is 3. The molecule has 1 aromatic heterocycles. The monoisotopic (exact) mass is 578 g/mol. The van der Waals surface area contributed by atoms with Gasteiger partial charge in [-0.3, -0.25) is 14.4 Å². The van der Waals surface area contributed by atoms with Gasteiger partial charge in [-0.2, -0.15) is 13.2 Å².